The number of benzene rings is 2. The minimum atomic E-state index is -3.71. The van der Waals surface area contributed by atoms with Gasteiger partial charge in [0.1, 0.15) is 11.0 Å². The van der Waals surface area contributed by atoms with E-state index in [-0.39, 0.29) is 6.42 Å². The van der Waals surface area contributed by atoms with Crippen molar-refractivity contribution in [3.8, 4) is 10.6 Å². The summed E-state index contributed by atoms with van der Waals surface area (Å²) in [5.41, 5.74) is 3.11. The van der Waals surface area contributed by atoms with E-state index in [4.69, 9.17) is 11.6 Å². The molecule has 3 aromatic rings. The van der Waals surface area contributed by atoms with Crippen molar-refractivity contribution >= 4 is 49.7 Å². The Morgan fingerprint density at radius 3 is 2.29 bits per heavy atom. The van der Waals surface area contributed by atoms with Gasteiger partial charge < -0.3 is 0 Å². The van der Waals surface area contributed by atoms with Gasteiger partial charge in [-0.1, -0.05) is 48.1 Å². The third kappa shape index (κ3) is 5.61. The Morgan fingerprint density at radius 1 is 1.13 bits per heavy atom. The van der Waals surface area contributed by atoms with Crippen LogP contribution in [0, 0.1) is 13.8 Å². The van der Waals surface area contributed by atoms with E-state index in [1.807, 2.05) is 32.0 Å². The molecule has 0 aliphatic rings. The Hall–Kier alpha value is -2.49. The van der Waals surface area contributed by atoms with Gasteiger partial charge in [0.2, 0.25) is 21.1 Å². The van der Waals surface area contributed by atoms with Crippen LogP contribution in [0.1, 0.15) is 24.5 Å². The smallest absolute Gasteiger partial charge is 0.250 e. The molecule has 1 atom stereocenters. The van der Waals surface area contributed by atoms with Gasteiger partial charge >= 0.3 is 0 Å². The van der Waals surface area contributed by atoms with Crippen LogP contribution >= 0.6 is 22.9 Å². The number of aromatic nitrogens is 2. The van der Waals surface area contributed by atoms with E-state index in [1.54, 1.807) is 31.2 Å². The van der Waals surface area contributed by atoms with Crippen LogP contribution in [0.4, 0.5) is 10.8 Å². The molecule has 1 heterocycles. The maximum absolute atomic E-state index is 13.1. The SMILES string of the molecule is CCC(C(=O)Nc1nnc(-c2ccc(Cl)cc2)s1)N(c1cc(C)cc(C)c1)S(C)(=O)=O. The molecule has 0 aliphatic heterocycles. The molecule has 7 nitrogen and oxygen atoms in total. The summed E-state index contributed by atoms with van der Waals surface area (Å²) in [7, 11) is -3.71. The van der Waals surface area contributed by atoms with E-state index in [0.717, 1.165) is 22.9 Å². The van der Waals surface area contributed by atoms with E-state index in [1.165, 1.54) is 15.6 Å². The van der Waals surface area contributed by atoms with E-state index >= 15 is 0 Å². The highest BCUT2D eigenvalue weighted by atomic mass is 35.5. The number of sulfonamides is 1. The molecule has 10 heteroatoms. The van der Waals surface area contributed by atoms with Crippen molar-refractivity contribution in [2.45, 2.75) is 33.2 Å². The lowest BCUT2D eigenvalue weighted by atomic mass is 10.1. The van der Waals surface area contributed by atoms with E-state index in [9.17, 15) is 13.2 Å². The first-order chi connectivity index (χ1) is 14.6. The number of carbonyl (C=O) groups excluding carboxylic acids is 1. The van der Waals surface area contributed by atoms with Crippen molar-refractivity contribution in [2.24, 2.45) is 0 Å². The fourth-order valence-electron chi connectivity index (χ4n) is 3.31. The van der Waals surface area contributed by atoms with Gasteiger partial charge in [-0.05, 0) is 55.7 Å². The van der Waals surface area contributed by atoms with Gasteiger partial charge in [-0.15, -0.1) is 10.2 Å². The summed E-state index contributed by atoms with van der Waals surface area (Å²) < 4.78 is 26.4. The molecule has 0 saturated carbocycles. The van der Waals surface area contributed by atoms with Crippen LogP contribution < -0.4 is 9.62 Å². The Balaban J connectivity index is 1.88. The monoisotopic (exact) mass is 478 g/mol. The zero-order valence-corrected chi connectivity index (χ0v) is 20.0. The van der Waals surface area contributed by atoms with Crippen molar-refractivity contribution in [3.63, 3.8) is 0 Å². The molecule has 1 amide bonds. The van der Waals surface area contributed by atoms with Crippen molar-refractivity contribution in [1.82, 2.24) is 10.2 Å². The fourth-order valence-corrected chi connectivity index (χ4v) is 5.38. The van der Waals surface area contributed by atoms with Crippen LogP contribution in [0.2, 0.25) is 5.02 Å². The van der Waals surface area contributed by atoms with Crippen LogP contribution in [-0.4, -0.2) is 36.8 Å². The second kappa shape index (κ2) is 9.33. The molecule has 0 bridgehead atoms. The second-order valence-electron chi connectivity index (χ2n) is 7.24. The number of rotatable bonds is 7. The number of nitrogens with zero attached hydrogens (tertiary/aromatic N) is 3. The molecule has 164 valence electrons. The van der Waals surface area contributed by atoms with Crippen molar-refractivity contribution in [2.75, 3.05) is 15.9 Å². The predicted molar refractivity (Wildman–Crippen MR) is 126 cm³/mol. The van der Waals surface area contributed by atoms with E-state index < -0.39 is 22.0 Å². The quantitative estimate of drug-likeness (QED) is 0.533. The molecule has 0 radical (unpaired) electrons. The number of carbonyl (C=O) groups is 1. The number of hydrogen-bond donors (Lipinski definition) is 1. The molecule has 31 heavy (non-hydrogen) atoms. The molecular formula is C21H23ClN4O3S2. The summed E-state index contributed by atoms with van der Waals surface area (Å²) in [6.45, 7) is 5.54. The lowest BCUT2D eigenvalue weighted by Gasteiger charge is -2.30. The lowest BCUT2D eigenvalue weighted by molar-refractivity contribution is -0.117. The van der Waals surface area contributed by atoms with Gasteiger partial charge in [-0.2, -0.15) is 0 Å². The molecule has 0 aliphatic carbocycles. The van der Waals surface area contributed by atoms with Crippen LogP contribution in [0.25, 0.3) is 10.6 Å². The Bertz CT molecular complexity index is 1170. The molecule has 0 saturated heterocycles. The Kier molecular flexibility index (Phi) is 6.98. The third-order valence-corrected chi connectivity index (χ3v) is 6.86. The summed E-state index contributed by atoms with van der Waals surface area (Å²) in [5.74, 6) is -0.467. The standard InChI is InChI=1S/C21H23ClN4O3S2/c1-5-18(26(31(4,28)29)17-11-13(2)10-14(3)12-17)19(27)23-21-25-24-20(30-21)15-6-8-16(22)9-7-15/h6-12,18H,5H2,1-4H3,(H,23,25,27). The van der Waals surface area contributed by atoms with Crippen molar-refractivity contribution in [3.05, 3.63) is 58.6 Å². The highest BCUT2D eigenvalue weighted by molar-refractivity contribution is 7.92. The summed E-state index contributed by atoms with van der Waals surface area (Å²) in [6.07, 6.45) is 1.39. The number of aryl methyl sites for hydroxylation is 2. The maximum Gasteiger partial charge on any atom is 0.250 e. The zero-order valence-electron chi connectivity index (χ0n) is 17.6. The first-order valence-corrected chi connectivity index (χ1v) is 12.6. The second-order valence-corrected chi connectivity index (χ2v) is 10.5. The van der Waals surface area contributed by atoms with Crippen LogP contribution in [0.5, 0.6) is 0 Å². The molecule has 1 N–H and O–H groups in total. The van der Waals surface area contributed by atoms with Gasteiger partial charge in [0.25, 0.3) is 0 Å². The number of nitrogens with one attached hydrogen (secondary N) is 1. The average molecular weight is 479 g/mol. The highest BCUT2D eigenvalue weighted by Crippen LogP contribution is 2.29. The summed E-state index contributed by atoms with van der Waals surface area (Å²) in [6, 6.07) is 11.7. The summed E-state index contributed by atoms with van der Waals surface area (Å²) in [5, 5.41) is 12.4. The van der Waals surface area contributed by atoms with Crippen LogP contribution in [-0.2, 0) is 14.8 Å². The van der Waals surface area contributed by atoms with Gasteiger partial charge in [0.05, 0.1) is 11.9 Å². The number of anilines is 2. The average Bonchev–Trinajstić information content (AvgIpc) is 3.13. The molecule has 2 aromatic carbocycles. The molecule has 0 fully saturated rings. The number of halogens is 1. The first kappa shape index (κ1) is 23.2. The lowest BCUT2D eigenvalue weighted by Crippen LogP contribution is -2.47. The van der Waals surface area contributed by atoms with Crippen molar-refractivity contribution < 1.29 is 13.2 Å². The first-order valence-electron chi connectivity index (χ1n) is 9.56. The normalized spacial score (nSPS) is 12.4. The van der Waals surface area contributed by atoms with Crippen LogP contribution in [0.15, 0.2) is 42.5 Å². The molecule has 0 spiro atoms. The minimum Gasteiger partial charge on any atom is -0.299 e. The van der Waals surface area contributed by atoms with Crippen LogP contribution in [0.3, 0.4) is 0 Å². The largest absolute Gasteiger partial charge is 0.299 e. The summed E-state index contributed by atoms with van der Waals surface area (Å²) in [4.78, 5) is 13.1. The summed E-state index contributed by atoms with van der Waals surface area (Å²) >= 11 is 7.12. The number of hydrogen-bond acceptors (Lipinski definition) is 6. The Morgan fingerprint density at radius 2 is 1.74 bits per heavy atom. The van der Waals surface area contributed by atoms with E-state index in [2.05, 4.69) is 15.5 Å². The van der Waals surface area contributed by atoms with E-state index in [0.29, 0.717) is 20.8 Å². The predicted octanol–water partition coefficient (Wildman–Crippen LogP) is 4.66. The van der Waals surface area contributed by atoms with Gasteiger partial charge in [0.15, 0.2) is 0 Å². The topological polar surface area (TPSA) is 92.3 Å². The minimum absolute atomic E-state index is 0.286. The highest BCUT2D eigenvalue weighted by Gasteiger charge is 2.32. The molecule has 1 unspecified atom stereocenters. The van der Waals surface area contributed by atoms with Crippen molar-refractivity contribution in [1.29, 1.82) is 0 Å². The molecular weight excluding hydrogens is 456 g/mol. The number of amides is 1. The molecule has 3 rings (SSSR count). The Labute approximate surface area is 191 Å². The third-order valence-electron chi connectivity index (χ3n) is 4.54. The van der Waals surface area contributed by atoms with Gasteiger partial charge in [-0.25, -0.2) is 8.42 Å². The fraction of sp³-hybridized carbons (Fsp3) is 0.286. The molecule has 1 aromatic heterocycles. The maximum atomic E-state index is 13.1. The van der Waals surface area contributed by atoms with Gasteiger partial charge in [-0.3, -0.25) is 14.4 Å². The van der Waals surface area contributed by atoms with Gasteiger partial charge in [0, 0.05) is 10.6 Å². The zero-order chi connectivity index (χ0) is 22.8.